The summed E-state index contributed by atoms with van der Waals surface area (Å²) < 4.78 is 5.93. The molecule has 0 bridgehead atoms. The standard InChI is InChI=1S/C15H20N2OS/c1-17-10-15-14(12-5-3-2-4-6-12)9-13(18-15)11-19-8-7-16/h2-6,9,17H,7-8,10-11,16H2,1H3. The first kappa shape index (κ1) is 14.2. The van der Waals surface area contributed by atoms with Gasteiger partial charge in [0.2, 0.25) is 0 Å². The first-order chi connectivity index (χ1) is 9.35. The maximum absolute atomic E-state index is 5.93. The van der Waals surface area contributed by atoms with Crippen LogP contribution >= 0.6 is 11.8 Å². The van der Waals surface area contributed by atoms with E-state index in [2.05, 4.69) is 23.5 Å². The van der Waals surface area contributed by atoms with Crippen LogP contribution in [-0.4, -0.2) is 19.3 Å². The van der Waals surface area contributed by atoms with E-state index in [-0.39, 0.29) is 0 Å². The number of benzene rings is 1. The molecule has 2 aromatic rings. The number of nitrogens with one attached hydrogen (secondary N) is 1. The number of thioether (sulfide) groups is 1. The zero-order valence-electron chi connectivity index (χ0n) is 11.2. The first-order valence-corrected chi connectivity index (χ1v) is 7.60. The lowest BCUT2D eigenvalue weighted by atomic mass is 10.1. The SMILES string of the molecule is CNCc1oc(CSCCN)cc1-c1ccccc1. The van der Waals surface area contributed by atoms with E-state index in [0.717, 1.165) is 29.6 Å². The van der Waals surface area contributed by atoms with Crippen LogP contribution in [0, 0.1) is 0 Å². The van der Waals surface area contributed by atoms with E-state index >= 15 is 0 Å². The molecule has 0 saturated heterocycles. The van der Waals surface area contributed by atoms with Crippen molar-refractivity contribution in [2.45, 2.75) is 12.3 Å². The van der Waals surface area contributed by atoms with Gasteiger partial charge in [0.05, 0.1) is 12.3 Å². The molecule has 0 amide bonds. The minimum atomic E-state index is 0.709. The predicted molar refractivity (Wildman–Crippen MR) is 82.1 cm³/mol. The van der Waals surface area contributed by atoms with Crippen LogP contribution in [0.1, 0.15) is 11.5 Å². The highest BCUT2D eigenvalue weighted by Gasteiger charge is 2.12. The average Bonchev–Trinajstić information content (AvgIpc) is 2.84. The molecule has 4 heteroatoms. The van der Waals surface area contributed by atoms with Crippen molar-refractivity contribution in [3.8, 4) is 11.1 Å². The Morgan fingerprint density at radius 2 is 2.05 bits per heavy atom. The van der Waals surface area contributed by atoms with Gasteiger partial charge in [0.15, 0.2) is 0 Å². The molecule has 0 radical (unpaired) electrons. The molecule has 1 heterocycles. The van der Waals surface area contributed by atoms with Crippen molar-refractivity contribution in [2.24, 2.45) is 5.73 Å². The van der Waals surface area contributed by atoms with Gasteiger partial charge < -0.3 is 15.5 Å². The van der Waals surface area contributed by atoms with Gasteiger partial charge in [0.25, 0.3) is 0 Å². The third kappa shape index (κ3) is 3.86. The molecule has 1 aromatic carbocycles. The van der Waals surface area contributed by atoms with E-state index in [1.165, 1.54) is 11.1 Å². The van der Waals surface area contributed by atoms with E-state index in [1.807, 2.05) is 25.2 Å². The van der Waals surface area contributed by atoms with E-state index in [4.69, 9.17) is 10.2 Å². The van der Waals surface area contributed by atoms with Crippen LogP contribution in [0.5, 0.6) is 0 Å². The Kier molecular flexibility index (Phi) is 5.51. The third-order valence-electron chi connectivity index (χ3n) is 2.79. The zero-order chi connectivity index (χ0) is 13.5. The van der Waals surface area contributed by atoms with Crippen LogP contribution in [-0.2, 0) is 12.3 Å². The lowest BCUT2D eigenvalue weighted by Gasteiger charge is -2.01. The molecule has 0 spiro atoms. The predicted octanol–water partition coefficient (Wildman–Crippen LogP) is 2.86. The van der Waals surface area contributed by atoms with Gasteiger partial charge in [0, 0.05) is 17.9 Å². The molecule has 2 rings (SSSR count). The van der Waals surface area contributed by atoms with E-state index in [9.17, 15) is 0 Å². The summed E-state index contributed by atoms with van der Waals surface area (Å²) in [5.74, 6) is 3.85. The fourth-order valence-electron chi connectivity index (χ4n) is 1.97. The molecule has 0 atom stereocenters. The highest BCUT2D eigenvalue weighted by molar-refractivity contribution is 7.98. The molecule has 3 nitrogen and oxygen atoms in total. The number of hydrogen-bond acceptors (Lipinski definition) is 4. The molecule has 0 aliphatic heterocycles. The fraction of sp³-hybridized carbons (Fsp3) is 0.333. The minimum Gasteiger partial charge on any atom is -0.463 e. The maximum Gasteiger partial charge on any atom is 0.125 e. The van der Waals surface area contributed by atoms with Crippen molar-refractivity contribution in [1.29, 1.82) is 0 Å². The van der Waals surface area contributed by atoms with Crippen LogP contribution in [0.25, 0.3) is 11.1 Å². The molecule has 1 aromatic heterocycles. The van der Waals surface area contributed by atoms with Crippen LogP contribution in [0.4, 0.5) is 0 Å². The van der Waals surface area contributed by atoms with Gasteiger partial charge in [-0.15, -0.1) is 0 Å². The average molecular weight is 276 g/mol. The summed E-state index contributed by atoms with van der Waals surface area (Å²) in [6.45, 7) is 1.45. The highest BCUT2D eigenvalue weighted by atomic mass is 32.2. The highest BCUT2D eigenvalue weighted by Crippen LogP contribution is 2.29. The van der Waals surface area contributed by atoms with E-state index in [0.29, 0.717) is 6.54 Å². The Bertz CT molecular complexity index is 496. The van der Waals surface area contributed by atoms with Crippen molar-refractivity contribution in [3.63, 3.8) is 0 Å². The lowest BCUT2D eigenvalue weighted by Crippen LogP contribution is -2.04. The number of rotatable bonds is 7. The van der Waals surface area contributed by atoms with Crippen LogP contribution in [0.3, 0.4) is 0 Å². The number of nitrogens with two attached hydrogens (primary N) is 1. The summed E-state index contributed by atoms with van der Waals surface area (Å²) in [6.07, 6.45) is 0. The zero-order valence-corrected chi connectivity index (χ0v) is 12.0. The van der Waals surface area contributed by atoms with Crippen LogP contribution < -0.4 is 11.1 Å². The quantitative estimate of drug-likeness (QED) is 0.764. The van der Waals surface area contributed by atoms with E-state index in [1.54, 1.807) is 11.8 Å². The van der Waals surface area contributed by atoms with Gasteiger partial charge in [-0.2, -0.15) is 11.8 Å². The van der Waals surface area contributed by atoms with Crippen LogP contribution in [0.15, 0.2) is 40.8 Å². The molecule has 0 fully saturated rings. The summed E-state index contributed by atoms with van der Waals surface area (Å²) >= 11 is 1.80. The Labute approximate surface area is 118 Å². The molecule has 102 valence electrons. The Morgan fingerprint density at radius 1 is 1.26 bits per heavy atom. The third-order valence-corrected chi connectivity index (χ3v) is 3.80. The van der Waals surface area contributed by atoms with Crippen molar-refractivity contribution >= 4 is 11.8 Å². The summed E-state index contributed by atoms with van der Waals surface area (Å²) in [5.41, 5.74) is 7.88. The number of furan rings is 1. The van der Waals surface area contributed by atoms with Gasteiger partial charge in [0.1, 0.15) is 11.5 Å². The van der Waals surface area contributed by atoms with Gasteiger partial charge in [-0.1, -0.05) is 30.3 Å². The Hall–Kier alpha value is -1.23. The maximum atomic E-state index is 5.93. The molecule has 19 heavy (non-hydrogen) atoms. The smallest absolute Gasteiger partial charge is 0.125 e. The second kappa shape index (κ2) is 7.38. The summed E-state index contributed by atoms with van der Waals surface area (Å²) in [6, 6.07) is 12.5. The Balaban J connectivity index is 2.21. The number of hydrogen-bond donors (Lipinski definition) is 2. The lowest BCUT2D eigenvalue weighted by molar-refractivity contribution is 0.470. The summed E-state index contributed by atoms with van der Waals surface area (Å²) in [5, 5.41) is 3.15. The molecule has 0 aliphatic carbocycles. The molecule has 0 saturated carbocycles. The minimum absolute atomic E-state index is 0.709. The molecule has 0 aliphatic rings. The second-order valence-corrected chi connectivity index (χ2v) is 5.39. The van der Waals surface area contributed by atoms with Gasteiger partial charge in [-0.05, 0) is 18.7 Å². The van der Waals surface area contributed by atoms with Gasteiger partial charge in [-0.3, -0.25) is 0 Å². The second-order valence-electron chi connectivity index (χ2n) is 4.29. The molecule has 0 unspecified atom stereocenters. The first-order valence-electron chi connectivity index (χ1n) is 6.44. The van der Waals surface area contributed by atoms with Gasteiger partial charge >= 0.3 is 0 Å². The van der Waals surface area contributed by atoms with E-state index < -0.39 is 0 Å². The fourth-order valence-corrected chi connectivity index (χ4v) is 2.62. The summed E-state index contributed by atoms with van der Waals surface area (Å²) in [4.78, 5) is 0. The molecule has 3 N–H and O–H groups in total. The van der Waals surface area contributed by atoms with Crippen molar-refractivity contribution in [3.05, 3.63) is 47.9 Å². The monoisotopic (exact) mass is 276 g/mol. The Morgan fingerprint density at radius 3 is 2.74 bits per heavy atom. The van der Waals surface area contributed by atoms with Crippen molar-refractivity contribution in [2.75, 3.05) is 19.3 Å². The largest absolute Gasteiger partial charge is 0.463 e. The molecular weight excluding hydrogens is 256 g/mol. The van der Waals surface area contributed by atoms with Gasteiger partial charge in [-0.25, -0.2) is 0 Å². The summed E-state index contributed by atoms with van der Waals surface area (Å²) in [7, 11) is 1.93. The normalized spacial score (nSPS) is 10.8. The van der Waals surface area contributed by atoms with Crippen LogP contribution in [0.2, 0.25) is 0 Å². The van der Waals surface area contributed by atoms with Crippen molar-refractivity contribution in [1.82, 2.24) is 5.32 Å². The topological polar surface area (TPSA) is 51.2 Å². The molecular formula is C15H20N2OS. The van der Waals surface area contributed by atoms with Crippen molar-refractivity contribution < 1.29 is 4.42 Å².